The molecule has 1 saturated heterocycles. The highest BCUT2D eigenvalue weighted by Gasteiger charge is 2.31. The number of fused-ring (bicyclic) bond motifs is 1. The zero-order valence-electron chi connectivity index (χ0n) is 18.1. The van der Waals surface area contributed by atoms with Gasteiger partial charge in [-0.2, -0.15) is 11.8 Å². The van der Waals surface area contributed by atoms with Crippen LogP contribution in [-0.2, 0) is 4.79 Å². The van der Waals surface area contributed by atoms with E-state index in [1.165, 1.54) is 11.1 Å². The van der Waals surface area contributed by atoms with Crippen molar-refractivity contribution in [1.29, 1.82) is 0 Å². The van der Waals surface area contributed by atoms with Gasteiger partial charge in [0.15, 0.2) is 0 Å². The SMILES string of the molecule is CSCC[C@H](NC(=O)c1ccccc1Cl)C(=O)N1CCC[C@@H](c2cc3ccccc3[nH]2)C1. The van der Waals surface area contributed by atoms with Crippen molar-refractivity contribution in [2.75, 3.05) is 25.1 Å². The number of hydrogen-bond acceptors (Lipinski definition) is 3. The van der Waals surface area contributed by atoms with Crippen molar-refractivity contribution in [3.63, 3.8) is 0 Å². The molecule has 1 aromatic heterocycles. The van der Waals surface area contributed by atoms with E-state index in [1.807, 2.05) is 23.3 Å². The number of carbonyl (C=O) groups excluding carboxylic acids is 2. The van der Waals surface area contributed by atoms with E-state index in [1.54, 1.807) is 36.0 Å². The summed E-state index contributed by atoms with van der Waals surface area (Å²) in [5.74, 6) is 0.735. The lowest BCUT2D eigenvalue weighted by Gasteiger charge is -2.35. The maximum absolute atomic E-state index is 13.5. The van der Waals surface area contributed by atoms with Crippen LogP contribution in [0, 0.1) is 0 Å². The Morgan fingerprint density at radius 1 is 1.22 bits per heavy atom. The number of halogens is 1. The number of H-pyrrole nitrogens is 1. The van der Waals surface area contributed by atoms with Crippen molar-refractivity contribution < 1.29 is 9.59 Å². The first-order valence-corrected chi connectivity index (χ1v) is 12.7. The van der Waals surface area contributed by atoms with Crippen molar-refractivity contribution in [1.82, 2.24) is 15.2 Å². The van der Waals surface area contributed by atoms with Gasteiger partial charge in [0.1, 0.15) is 6.04 Å². The molecule has 1 fully saturated rings. The highest BCUT2D eigenvalue weighted by Crippen LogP contribution is 2.29. The first kappa shape index (κ1) is 22.7. The quantitative estimate of drug-likeness (QED) is 0.507. The lowest BCUT2D eigenvalue weighted by Crippen LogP contribution is -2.51. The molecule has 0 unspecified atom stereocenters. The Morgan fingerprint density at radius 3 is 2.78 bits per heavy atom. The molecule has 2 amide bonds. The van der Waals surface area contributed by atoms with E-state index in [-0.39, 0.29) is 17.7 Å². The average Bonchev–Trinajstić information content (AvgIpc) is 3.26. The summed E-state index contributed by atoms with van der Waals surface area (Å²) in [4.78, 5) is 31.7. The minimum atomic E-state index is -0.562. The Bertz CT molecular complexity index is 1070. The molecule has 1 aliphatic rings. The van der Waals surface area contributed by atoms with Gasteiger partial charge in [0.2, 0.25) is 5.91 Å². The van der Waals surface area contributed by atoms with Crippen LogP contribution in [0.4, 0.5) is 0 Å². The minimum Gasteiger partial charge on any atom is -0.358 e. The van der Waals surface area contributed by atoms with Gasteiger partial charge in [0.05, 0.1) is 10.6 Å². The number of benzene rings is 2. The number of aromatic amines is 1. The van der Waals surface area contributed by atoms with E-state index >= 15 is 0 Å². The van der Waals surface area contributed by atoms with Crippen LogP contribution in [0.5, 0.6) is 0 Å². The normalized spacial score (nSPS) is 17.3. The van der Waals surface area contributed by atoms with Gasteiger partial charge in [-0.3, -0.25) is 9.59 Å². The number of aromatic nitrogens is 1. The molecule has 2 heterocycles. The zero-order valence-corrected chi connectivity index (χ0v) is 19.7. The number of nitrogens with one attached hydrogen (secondary N) is 2. The summed E-state index contributed by atoms with van der Waals surface area (Å²) in [6.07, 6.45) is 4.57. The number of para-hydroxylation sites is 1. The molecule has 32 heavy (non-hydrogen) atoms. The average molecular weight is 470 g/mol. The largest absolute Gasteiger partial charge is 0.358 e. The van der Waals surface area contributed by atoms with Gasteiger partial charge in [-0.25, -0.2) is 0 Å². The smallest absolute Gasteiger partial charge is 0.253 e. The Morgan fingerprint density at radius 2 is 2.00 bits per heavy atom. The van der Waals surface area contributed by atoms with Crippen LogP contribution in [0.15, 0.2) is 54.6 Å². The van der Waals surface area contributed by atoms with Gasteiger partial charge in [-0.05, 0) is 60.9 Å². The predicted molar refractivity (Wildman–Crippen MR) is 133 cm³/mol. The summed E-state index contributed by atoms with van der Waals surface area (Å²) in [6, 6.07) is 16.8. The third kappa shape index (κ3) is 5.13. The van der Waals surface area contributed by atoms with Crippen LogP contribution in [0.1, 0.15) is 41.2 Å². The van der Waals surface area contributed by atoms with E-state index < -0.39 is 6.04 Å². The fraction of sp³-hybridized carbons (Fsp3) is 0.360. The maximum atomic E-state index is 13.5. The molecule has 7 heteroatoms. The van der Waals surface area contributed by atoms with Crippen LogP contribution in [-0.4, -0.2) is 52.8 Å². The Hall–Kier alpha value is -2.44. The van der Waals surface area contributed by atoms with Crippen LogP contribution >= 0.6 is 23.4 Å². The van der Waals surface area contributed by atoms with E-state index in [2.05, 4.69) is 28.5 Å². The summed E-state index contributed by atoms with van der Waals surface area (Å²) >= 11 is 7.86. The van der Waals surface area contributed by atoms with Crippen molar-refractivity contribution in [2.24, 2.45) is 0 Å². The fourth-order valence-corrected chi connectivity index (χ4v) is 5.03. The summed E-state index contributed by atoms with van der Waals surface area (Å²) in [5, 5.41) is 4.52. The molecule has 0 spiro atoms. The number of thioether (sulfide) groups is 1. The monoisotopic (exact) mass is 469 g/mol. The number of amides is 2. The fourth-order valence-electron chi connectivity index (χ4n) is 4.34. The second-order valence-corrected chi connectivity index (χ2v) is 9.62. The van der Waals surface area contributed by atoms with Crippen LogP contribution < -0.4 is 5.32 Å². The Balaban J connectivity index is 1.48. The van der Waals surface area contributed by atoms with Crippen LogP contribution in [0.2, 0.25) is 5.02 Å². The van der Waals surface area contributed by atoms with Crippen molar-refractivity contribution in [2.45, 2.75) is 31.2 Å². The molecule has 2 atom stereocenters. The number of likely N-dealkylation sites (tertiary alicyclic amines) is 1. The lowest BCUT2D eigenvalue weighted by molar-refractivity contribution is -0.134. The van der Waals surface area contributed by atoms with Crippen molar-refractivity contribution >= 4 is 46.1 Å². The third-order valence-electron chi connectivity index (χ3n) is 6.06. The van der Waals surface area contributed by atoms with Gasteiger partial charge >= 0.3 is 0 Å². The summed E-state index contributed by atoms with van der Waals surface area (Å²) in [7, 11) is 0. The Labute approximate surface area is 197 Å². The second kappa shape index (κ2) is 10.5. The molecule has 4 rings (SSSR count). The van der Waals surface area contributed by atoms with Crippen molar-refractivity contribution in [3.05, 3.63) is 70.9 Å². The highest BCUT2D eigenvalue weighted by atomic mass is 35.5. The molecule has 5 nitrogen and oxygen atoms in total. The van der Waals surface area contributed by atoms with Crippen LogP contribution in [0.25, 0.3) is 10.9 Å². The molecular formula is C25H28ClN3O2S. The van der Waals surface area contributed by atoms with Gasteiger partial charge in [0.25, 0.3) is 5.91 Å². The molecule has 2 aromatic carbocycles. The molecule has 0 radical (unpaired) electrons. The molecule has 168 valence electrons. The lowest BCUT2D eigenvalue weighted by atomic mass is 9.94. The van der Waals surface area contributed by atoms with Gasteiger partial charge < -0.3 is 15.2 Å². The zero-order chi connectivity index (χ0) is 22.5. The number of piperidine rings is 1. The molecular weight excluding hydrogens is 442 g/mol. The first-order valence-electron chi connectivity index (χ1n) is 11.0. The molecule has 0 saturated carbocycles. The maximum Gasteiger partial charge on any atom is 0.253 e. The van der Waals surface area contributed by atoms with E-state index in [0.717, 1.165) is 24.1 Å². The number of nitrogens with zero attached hydrogens (tertiary/aromatic N) is 1. The van der Waals surface area contributed by atoms with E-state index in [9.17, 15) is 9.59 Å². The highest BCUT2D eigenvalue weighted by molar-refractivity contribution is 7.98. The molecule has 2 N–H and O–H groups in total. The van der Waals surface area contributed by atoms with Gasteiger partial charge in [-0.15, -0.1) is 0 Å². The molecule has 0 aliphatic carbocycles. The topological polar surface area (TPSA) is 65.2 Å². The summed E-state index contributed by atoms with van der Waals surface area (Å²) in [5.41, 5.74) is 2.69. The van der Waals surface area contributed by atoms with Gasteiger partial charge in [-0.1, -0.05) is 41.9 Å². The minimum absolute atomic E-state index is 0.0136. The Kier molecular flexibility index (Phi) is 7.43. The number of rotatable bonds is 7. The van der Waals surface area contributed by atoms with Crippen molar-refractivity contribution in [3.8, 4) is 0 Å². The molecule has 3 aromatic rings. The van der Waals surface area contributed by atoms with E-state index in [4.69, 9.17) is 11.6 Å². The van der Waals surface area contributed by atoms with E-state index in [0.29, 0.717) is 30.1 Å². The molecule has 0 bridgehead atoms. The number of carbonyl (C=O) groups is 2. The summed E-state index contributed by atoms with van der Waals surface area (Å²) < 4.78 is 0. The summed E-state index contributed by atoms with van der Waals surface area (Å²) in [6.45, 7) is 1.37. The predicted octanol–water partition coefficient (Wildman–Crippen LogP) is 5.08. The number of hydrogen-bond donors (Lipinski definition) is 2. The third-order valence-corrected chi connectivity index (χ3v) is 7.03. The standard InChI is InChI=1S/C25H28ClN3O2S/c1-32-14-12-22(28-24(30)19-9-3-4-10-20(19)26)25(31)29-13-6-8-18(16-29)23-15-17-7-2-5-11-21(17)27-23/h2-5,7,9-11,15,18,22,27H,6,8,12-14,16H2,1H3,(H,28,30)/t18-,22+/m1/s1. The first-order chi connectivity index (χ1) is 15.6. The molecule has 1 aliphatic heterocycles. The van der Waals surface area contributed by atoms with Crippen LogP contribution in [0.3, 0.4) is 0 Å². The second-order valence-electron chi connectivity index (χ2n) is 8.22. The van der Waals surface area contributed by atoms with Gasteiger partial charge in [0, 0.05) is 30.2 Å².